The smallest absolute Gasteiger partial charge is 0.0406 e. The van der Waals surface area contributed by atoms with Crippen molar-refractivity contribution in [1.29, 1.82) is 0 Å². The highest BCUT2D eigenvalue weighted by Gasteiger charge is 2.27. The summed E-state index contributed by atoms with van der Waals surface area (Å²) in [5, 5.41) is 0.807. The zero-order valence-corrected chi connectivity index (χ0v) is 17.5. The van der Waals surface area contributed by atoms with E-state index in [0.717, 1.165) is 36.6 Å². The Hall–Kier alpha value is -1.42. The van der Waals surface area contributed by atoms with Crippen LogP contribution in [0.1, 0.15) is 49.7 Å². The molecule has 150 valence electrons. The van der Waals surface area contributed by atoms with E-state index in [9.17, 15) is 0 Å². The number of hydrogen-bond donors (Lipinski definition) is 0. The fraction of sp³-hybridized carbons (Fsp3) is 0.542. The summed E-state index contributed by atoms with van der Waals surface area (Å²) in [5.74, 6) is 0.793. The van der Waals surface area contributed by atoms with Gasteiger partial charge in [0.1, 0.15) is 0 Å². The molecule has 1 aromatic carbocycles. The van der Waals surface area contributed by atoms with Gasteiger partial charge in [0.25, 0.3) is 0 Å². The molecule has 1 saturated heterocycles. The first-order chi connectivity index (χ1) is 13.8. The average Bonchev–Trinajstić information content (AvgIpc) is 3.26. The quantitative estimate of drug-likeness (QED) is 0.624. The molecule has 0 unspecified atom stereocenters. The summed E-state index contributed by atoms with van der Waals surface area (Å²) in [7, 11) is 0. The van der Waals surface area contributed by atoms with E-state index in [2.05, 4.69) is 33.0 Å². The molecule has 3 nitrogen and oxygen atoms in total. The van der Waals surface area contributed by atoms with Crippen LogP contribution in [-0.4, -0.2) is 40.5 Å². The van der Waals surface area contributed by atoms with Crippen LogP contribution in [0.3, 0.4) is 0 Å². The number of piperidine rings is 1. The number of pyridine rings is 1. The van der Waals surface area contributed by atoms with Gasteiger partial charge in [0, 0.05) is 43.1 Å². The highest BCUT2D eigenvalue weighted by molar-refractivity contribution is 6.30. The summed E-state index contributed by atoms with van der Waals surface area (Å²) in [6.45, 7) is 5.66. The first-order valence-corrected chi connectivity index (χ1v) is 11.2. The molecule has 0 N–H and O–H groups in total. The molecule has 1 aliphatic carbocycles. The predicted molar refractivity (Wildman–Crippen MR) is 116 cm³/mol. The molecule has 4 rings (SSSR count). The molecule has 2 heterocycles. The number of nitrogens with zero attached hydrogens (tertiary/aromatic N) is 3. The Morgan fingerprint density at radius 2 is 1.64 bits per heavy atom. The summed E-state index contributed by atoms with van der Waals surface area (Å²) in [6, 6.07) is 13.4. The lowest BCUT2D eigenvalue weighted by Crippen LogP contribution is -2.42. The first kappa shape index (κ1) is 19.9. The summed E-state index contributed by atoms with van der Waals surface area (Å²) in [6.07, 6.45) is 12.2. The highest BCUT2D eigenvalue weighted by atomic mass is 35.5. The van der Waals surface area contributed by atoms with Crippen molar-refractivity contribution < 1.29 is 0 Å². The predicted octanol–water partition coefficient (Wildman–Crippen LogP) is 5.39. The highest BCUT2D eigenvalue weighted by Crippen LogP contribution is 2.28. The maximum absolute atomic E-state index is 6.07. The van der Waals surface area contributed by atoms with Crippen molar-refractivity contribution in [3.8, 4) is 0 Å². The van der Waals surface area contributed by atoms with E-state index < -0.39 is 0 Å². The van der Waals surface area contributed by atoms with Crippen LogP contribution in [0.5, 0.6) is 0 Å². The van der Waals surface area contributed by atoms with Crippen LogP contribution in [0, 0.1) is 5.92 Å². The molecule has 2 aromatic rings. The minimum Gasteiger partial charge on any atom is -0.300 e. The van der Waals surface area contributed by atoms with Crippen LogP contribution < -0.4 is 0 Å². The summed E-state index contributed by atoms with van der Waals surface area (Å²) < 4.78 is 0. The van der Waals surface area contributed by atoms with E-state index in [0.29, 0.717) is 0 Å². The first-order valence-electron chi connectivity index (χ1n) is 10.9. The molecular weight excluding hydrogens is 366 g/mol. The third-order valence-electron chi connectivity index (χ3n) is 6.46. The Morgan fingerprint density at radius 3 is 2.32 bits per heavy atom. The van der Waals surface area contributed by atoms with E-state index in [-0.39, 0.29) is 0 Å². The molecule has 1 aliphatic heterocycles. The van der Waals surface area contributed by atoms with Gasteiger partial charge in [-0.2, -0.15) is 0 Å². The number of aromatic nitrogens is 1. The van der Waals surface area contributed by atoms with Gasteiger partial charge in [0.2, 0.25) is 0 Å². The van der Waals surface area contributed by atoms with Crippen LogP contribution in [0.15, 0.2) is 48.8 Å². The molecule has 28 heavy (non-hydrogen) atoms. The van der Waals surface area contributed by atoms with E-state index in [1.54, 1.807) is 0 Å². The van der Waals surface area contributed by atoms with Crippen LogP contribution in [0.4, 0.5) is 0 Å². The standard InChI is InChI=1S/C24H32ClN3/c25-23-9-7-20(8-10-23)17-27(19-22-4-3-13-26-16-22)18-21-11-14-28(15-12-21)24-5-1-2-6-24/h3-4,7-10,13,16,21,24H,1-2,5-6,11-12,14-15,17-19H2. The van der Waals surface area contributed by atoms with Gasteiger partial charge in [0.15, 0.2) is 0 Å². The molecule has 1 saturated carbocycles. The number of halogens is 1. The Balaban J connectivity index is 1.36. The molecule has 1 aromatic heterocycles. The summed E-state index contributed by atoms with van der Waals surface area (Å²) in [4.78, 5) is 9.67. The number of benzene rings is 1. The van der Waals surface area contributed by atoms with Gasteiger partial charge in [0.05, 0.1) is 0 Å². The van der Waals surface area contributed by atoms with Crippen molar-refractivity contribution in [2.45, 2.75) is 57.7 Å². The molecule has 0 amide bonds. The SMILES string of the molecule is Clc1ccc(CN(Cc2cccnc2)CC2CCN(C3CCCC3)CC2)cc1. The minimum atomic E-state index is 0.793. The number of hydrogen-bond acceptors (Lipinski definition) is 3. The Labute approximate surface area is 174 Å². The van der Waals surface area contributed by atoms with Gasteiger partial charge < -0.3 is 4.90 Å². The number of rotatable bonds is 7. The number of likely N-dealkylation sites (tertiary alicyclic amines) is 1. The fourth-order valence-electron chi connectivity index (χ4n) is 4.92. The van der Waals surface area contributed by atoms with Crippen molar-refractivity contribution in [3.05, 3.63) is 64.9 Å². The van der Waals surface area contributed by atoms with Crippen molar-refractivity contribution >= 4 is 11.6 Å². The molecule has 0 spiro atoms. The second-order valence-electron chi connectivity index (χ2n) is 8.57. The van der Waals surface area contributed by atoms with Gasteiger partial charge >= 0.3 is 0 Å². The minimum absolute atomic E-state index is 0.793. The lowest BCUT2D eigenvalue weighted by Gasteiger charge is -2.38. The van der Waals surface area contributed by atoms with E-state index in [1.165, 1.54) is 62.7 Å². The summed E-state index contributed by atoms with van der Waals surface area (Å²) in [5.41, 5.74) is 2.62. The van der Waals surface area contributed by atoms with Crippen molar-refractivity contribution in [1.82, 2.24) is 14.8 Å². The molecular formula is C24H32ClN3. The topological polar surface area (TPSA) is 19.4 Å². The zero-order chi connectivity index (χ0) is 19.2. The van der Waals surface area contributed by atoms with Crippen molar-refractivity contribution in [3.63, 3.8) is 0 Å². The van der Waals surface area contributed by atoms with Crippen molar-refractivity contribution in [2.75, 3.05) is 19.6 Å². The lowest BCUT2D eigenvalue weighted by atomic mass is 9.94. The Bertz CT molecular complexity index is 704. The second-order valence-corrected chi connectivity index (χ2v) is 9.01. The van der Waals surface area contributed by atoms with Crippen molar-refractivity contribution in [2.24, 2.45) is 5.92 Å². The zero-order valence-electron chi connectivity index (χ0n) is 16.8. The van der Waals surface area contributed by atoms with E-state index >= 15 is 0 Å². The van der Waals surface area contributed by atoms with Crippen LogP contribution in [-0.2, 0) is 13.1 Å². The maximum atomic E-state index is 6.07. The van der Waals surface area contributed by atoms with Gasteiger partial charge in [-0.1, -0.05) is 42.6 Å². The Morgan fingerprint density at radius 1 is 0.929 bits per heavy atom. The Kier molecular flexibility index (Phi) is 7.00. The molecule has 0 radical (unpaired) electrons. The molecule has 4 heteroatoms. The third kappa shape index (κ3) is 5.56. The van der Waals surface area contributed by atoms with Gasteiger partial charge in [-0.05, 0) is 74.0 Å². The molecule has 0 atom stereocenters. The second kappa shape index (κ2) is 9.87. The largest absolute Gasteiger partial charge is 0.300 e. The van der Waals surface area contributed by atoms with Crippen LogP contribution >= 0.6 is 11.6 Å². The third-order valence-corrected chi connectivity index (χ3v) is 6.71. The van der Waals surface area contributed by atoms with Crippen LogP contribution in [0.2, 0.25) is 5.02 Å². The monoisotopic (exact) mass is 397 g/mol. The fourth-order valence-corrected chi connectivity index (χ4v) is 5.04. The lowest BCUT2D eigenvalue weighted by molar-refractivity contribution is 0.107. The van der Waals surface area contributed by atoms with E-state index in [4.69, 9.17) is 11.6 Å². The van der Waals surface area contributed by atoms with E-state index in [1.807, 2.05) is 30.6 Å². The average molecular weight is 398 g/mol. The molecule has 0 bridgehead atoms. The van der Waals surface area contributed by atoms with Gasteiger partial charge in [-0.15, -0.1) is 0 Å². The molecule has 2 aliphatic rings. The molecule has 2 fully saturated rings. The maximum Gasteiger partial charge on any atom is 0.0406 e. The normalized spacial score (nSPS) is 19.5. The van der Waals surface area contributed by atoms with Gasteiger partial charge in [-0.25, -0.2) is 0 Å². The van der Waals surface area contributed by atoms with Gasteiger partial charge in [-0.3, -0.25) is 9.88 Å². The van der Waals surface area contributed by atoms with Crippen LogP contribution in [0.25, 0.3) is 0 Å². The summed E-state index contributed by atoms with van der Waals surface area (Å²) >= 11 is 6.07.